The normalized spacial score (nSPS) is 12.8. The minimum atomic E-state index is -0.0794. The van der Waals surface area contributed by atoms with E-state index in [4.69, 9.17) is 13.4 Å². The average Bonchev–Trinajstić information content (AvgIpc) is 3.26. The molecule has 0 saturated carbocycles. The van der Waals surface area contributed by atoms with Gasteiger partial charge in [0.1, 0.15) is 5.52 Å². The number of para-hydroxylation sites is 2. The van der Waals surface area contributed by atoms with Crippen LogP contribution in [0.1, 0.15) is 18.1 Å². The molecule has 1 atom stereocenters. The largest absolute Gasteiger partial charge is 0.461 e. The van der Waals surface area contributed by atoms with Gasteiger partial charge in [-0.15, -0.1) is 0 Å². The molecule has 0 aliphatic heterocycles. The van der Waals surface area contributed by atoms with Crippen LogP contribution in [0.25, 0.3) is 22.7 Å². The molecule has 3 heterocycles. The molecule has 0 radical (unpaired) electrons. The molecular formula is C15H11N3O3S. The van der Waals surface area contributed by atoms with Crippen LogP contribution >= 0.6 is 11.8 Å². The van der Waals surface area contributed by atoms with Crippen molar-refractivity contribution in [2.45, 2.75) is 17.4 Å². The predicted molar refractivity (Wildman–Crippen MR) is 80.3 cm³/mol. The van der Waals surface area contributed by atoms with Crippen molar-refractivity contribution in [1.82, 2.24) is 15.1 Å². The number of thioether (sulfide) groups is 1. The van der Waals surface area contributed by atoms with Crippen molar-refractivity contribution in [3.63, 3.8) is 0 Å². The Kier molecular flexibility index (Phi) is 3.19. The molecule has 0 saturated heterocycles. The van der Waals surface area contributed by atoms with E-state index in [0.717, 1.165) is 11.1 Å². The molecule has 3 aromatic heterocycles. The zero-order chi connectivity index (χ0) is 14.9. The van der Waals surface area contributed by atoms with Crippen molar-refractivity contribution in [3.05, 3.63) is 48.6 Å². The standard InChI is InChI=1S/C15H11N3O3S/c1-9(14-17-13(18-21-14)12-7-4-8-19-12)22-15-16-10-5-2-3-6-11(10)20-15/h2-9H,1H3/t9-/m1/s1. The number of rotatable bonds is 4. The van der Waals surface area contributed by atoms with E-state index in [9.17, 15) is 0 Å². The molecule has 4 rings (SSSR count). The Hall–Kier alpha value is -2.54. The van der Waals surface area contributed by atoms with Crippen molar-refractivity contribution in [2.24, 2.45) is 0 Å². The van der Waals surface area contributed by atoms with Crippen molar-refractivity contribution >= 4 is 22.9 Å². The van der Waals surface area contributed by atoms with Crippen LogP contribution < -0.4 is 0 Å². The number of nitrogens with zero attached hydrogens (tertiary/aromatic N) is 3. The van der Waals surface area contributed by atoms with E-state index in [2.05, 4.69) is 15.1 Å². The fourth-order valence-electron chi connectivity index (χ4n) is 2.01. The summed E-state index contributed by atoms with van der Waals surface area (Å²) in [6.45, 7) is 1.96. The van der Waals surface area contributed by atoms with Crippen LogP contribution in [0.4, 0.5) is 0 Å². The smallest absolute Gasteiger partial charge is 0.257 e. The number of oxazole rings is 1. The zero-order valence-electron chi connectivity index (χ0n) is 11.6. The lowest BCUT2D eigenvalue weighted by atomic mass is 10.3. The second-order valence-corrected chi connectivity index (χ2v) is 5.93. The van der Waals surface area contributed by atoms with Crippen molar-refractivity contribution in [1.29, 1.82) is 0 Å². The first kappa shape index (κ1) is 13.1. The number of hydrogen-bond acceptors (Lipinski definition) is 7. The van der Waals surface area contributed by atoms with Crippen LogP contribution in [0.3, 0.4) is 0 Å². The Balaban J connectivity index is 1.55. The summed E-state index contributed by atoms with van der Waals surface area (Å²) in [5.41, 5.74) is 1.60. The maximum Gasteiger partial charge on any atom is 0.257 e. The van der Waals surface area contributed by atoms with Gasteiger partial charge in [0.05, 0.1) is 11.5 Å². The highest BCUT2D eigenvalue weighted by Crippen LogP contribution is 2.35. The summed E-state index contributed by atoms with van der Waals surface area (Å²) in [7, 11) is 0. The third-order valence-electron chi connectivity index (χ3n) is 3.08. The van der Waals surface area contributed by atoms with Crippen LogP contribution in [0.15, 0.2) is 61.2 Å². The van der Waals surface area contributed by atoms with Gasteiger partial charge in [-0.3, -0.25) is 0 Å². The van der Waals surface area contributed by atoms with E-state index in [1.807, 2.05) is 31.2 Å². The van der Waals surface area contributed by atoms with Crippen LogP contribution in [0, 0.1) is 0 Å². The molecule has 0 unspecified atom stereocenters. The molecule has 0 bridgehead atoms. The van der Waals surface area contributed by atoms with Crippen LogP contribution in [0.2, 0.25) is 0 Å². The molecule has 7 heteroatoms. The van der Waals surface area contributed by atoms with Crippen molar-refractivity contribution in [2.75, 3.05) is 0 Å². The molecule has 0 fully saturated rings. The van der Waals surface area contributed by atoms with E-state index in [0.29, 0.717) is 22.7 Å². The van der Waals surface area contributed by atoms with Gasteiger partial charge in [-0.05, 0) is 31.2 Å². The van der Waals surface area contributed by atoms with Crippen LogP contribution in [-0.2, 0) is 0 Å². The summed E-state index contributed by atoms with van der Waals surface area (Å²) >= 11 is 1.43. The first-order chi connectivity index (χ1) is 10.8. The summed E-state index contributed by atoms with van der Waals surface area (Å²) < 4.78 is 16.2. The number of fused-ring (bicyclic) bond motifs is 1. The molecule has 4 aromatic rings. The monoisotopic (exact) mass is 313 g/mol. The topological polar surface area (TPSA) is 78.1 Å². The molecule has 22 heavy (non-hydrogen) atoms. The van der Waals surface area contributed by atoms with Gasteiger partial charge in [-0.25, -0.2) is 4.98 Å². The lowest BCUT2D eigenvalue weighted by Gasteiger charge is -2.00. The highest BCUT2D eigenvalue weighted by Gasteiger charge is 2.20. The van der Waals surface area contributed by atoms with Gasteiger partial charge >= 0.3 is 0 Å². The molecule has 1 aromatic carbocycles. The molecule has 0 spiro atoms. The minimum Gasteiger partial charge on any atom is -0.461 e. The van der Waals surface area contributed by atoms with Gasteiger partial charge < -0.3 is 13.4 Å². The second-order valence-electron chi connectivity index (χ2n) is 4.64. The van der Waals surface area contributed by atoms with E-state index >= 15 is 0 Å². The van der Waals surface area contributed by atoms with Crippen molar-refractivity contribution < 1.29 is 13.4 Å². The Bertz CT molecular complexity index is 865. The molecule has 0 aliphatic carbocycles. The molecular weight excluding hydrogens is 302 g/mol. The summed E-state index contributed by atoms with van der Waals surface area (Å²) in [4.78, 5) is 8.76. The highest BCUT2D eigenvalue weighted by atomic mass is 32.2. The number of furan rings is 1. The Labute approximate surface area is 129 Å². The molecule has 6 nitrogen and oxygen atoms in total. The summed E-state index contributed by atoms with van der Waals surface area (Å²) in [6.07, 6.45) is 1.57. The maximum absolute atomic E-state index is 5.68. The lowest BCUT2D eigenvalue weighted by molar-refractivity contribution is 0.378. The molecule has 0 N–H and O–H groups in total. The van der Waals surface area contributed by atoms with Gasteiger partial charge in [0, 0.05) is 0 Å². The second kappa shape index (κ2) is 5.34. The van der Waals surface area contributed by atoms with Crippen LogP contribution in [0.5, 0.6) is 0 Å². The SMILES string of the molecule is C[C@@H](Sc1nc2ccccc2o1)c1nc(-c2ccco2)no1. The Morgan fingerprint density at radius 2 is 2.00 bits per heavy atom. The number of aromatic nitrogens is 3. The Morgan fingerprint density at radius 1 is 1.09 bits per heavy atom. The predicted octanol–water partition coefficient (Wildman–Crippen LogP) is 4.32. The van der Waals surface area contributed by atoms with Gasteiger partial charge in [0.15, 0.2) is 11.3 Å². The fraction of sp³-hybridized carbons (Fsp3) is 0.133. The highest BCUT2D eigenvalue weighted by molar-refractivity contribution is 7.99. The first-order valence-electron chi connectivity index (χ1n) is 6.69. The summed E-state index contributed by atoms with van der Waals surface area (Å²) in [6, 6.07) is 11.2. The molecule has 110 valence electrons. The number of benzene rings is 1. The summed E-state index contributed by atoms with van der Waals surface area (Å²) in [5, 5.41) is 4.42. The molecule has 0 amide bonds. The number of hydrogen-bond donors (Lipinski definition) is 0. The van der Waals surface area contributed by atoms with E-state index in [-0.39, 0.29) is 5.25 Å². The molecule has 0 aliphatic rings. The minimum absolute atomic E-state index is 0.0794. The fourth-order valence-corrected chi connectivity index (χ4v) is 2.80. The lowest BCUT2D eigenvalue weighted by Crippen LogP contribution is -1.88. The van der Waals surface area contributed by atoms with Gasteiger partial charge in [-0.1, -0.05) is 29.1 Å². The zero-order valence-corrected chi connectivity index (χ0v) is 12.4. The van der Waals surface area contributed by atoms with E-state index < -0.39 is 0 Å². The van der Waals surface area contributed by atoms with Gasteiger partial charge in [0.2, 0.25) is 11.7 Å². The first-order valence-corrected chi connectivity index (χ1v) is 7.57. The maximum atomic E-state index is 5.68. The third kappa shape index (κ3) is 2.39. The quantitative estimate of drug-likeness (QED) is 0.519. The van der Waals surface area contributed by atoms with Gasteiger partial charge in [-0.2, -0.15) is 4.98 Å². The van der Waals surface area contributed by atoms with Crippen molar-refractivity contribution in [3.8, 4) is 11.6 Å². The van der Waals surface area contributed by atoms with Crippen LogP contribution in [-0.4, -0.2) is 15.1 Å². The van der Waals surface area contributed by atoms with E-state index in [1.54, 1.807) is 18.4 Å². The summed E-state index contributed by atoms with van der Waals surface area (Å²) in [5.74, 6) is 1.51. The third-order valence-corrected chi connectivity index (χ3v) is 4.01. The Morgan fingerprint density at radius 3 is 2.82 bits per heavy atom. The average molecular weight is 313 g/mol. The van der Waals surface area contributed by atoms with Gasteiger partial charge in [0.25, 0.3) is 5.22 Å². The van der Waals surface area contributed by atoms with E-state index in [1.165, 1.54) is 11.8 Å².